The summed E-state index contributed by atoms with van der Waals surface area (Å²) in [5.74, 6) is -1.00. The molecule has 2 aromatic carbocycles. The molecule has 2 aromatic rings. The molecule has 158 valence electrons. The Balaban J connectivity index is 1.90. The van der Waals surface area contributed by atoms with Gasteiger partial charge in [0.2, 0.25) is 5.91 Å². The number of carboxylic acid groups (broad SMARTS) is 1. The zero-order valence-electron chi connectivity index (χ0n) is 17.1. The van der Waals surface area contributed by atoms with Crippen LogP contribution in [0, 0.1) is 5.92 Å². The standard InChI is InChI=1S/C24H25Cl2NO3/c1-15(2)17-5-3-4-6-18(17)19-7-9-21(25)23(26)20(19)8-10-22(28)27-13-11-16(12-14-27)24(29)30/h3-10,15-16H,11-14H2,1-2H3,(H,29,30)/b10-8+. The van der Waals surface area contributed by atoms with Crippen molar-refractivity contribution in [3.05, 3.63) is 63.6 Å². The average Bonchev–Trinajstić information content (AvgIpc) is 2.74. The summed E-state index contributed by atoms with van der Waals surface area (Å²) in [6, 6.07) is 11.8. The summed E-state index contributed by atoms with van der Waals surface area (Å²) in [5.41, 5.74) is 3.86. The molecule has 1 saturated heterocycles. The van der Waals surface area contributed by atoms with Gasteiger partial charge < -0.3 is 10.0 Å². The van der Waals surface area contributed by atoms with Gasteiger partial charge in [-0.1, -0.05) is 67.4 Å². The van der Waals surface area contributed by atoms with Gasteiger partial charge in [-0.25, -0.2) is 0 Å². The first-order chi connectivity index (χ1) is 14.3. The maximum atomic E-state index is 12.7. The highest BCUT2D eigenvalue weighted by molar-refractivity contribution is 6.43. The van der Waals surface area contributed by atoms with Crippen LogP contribution >= 0.6 is 23.2 Å². The summed E-state index contributed by atoms with van der Waals surface area (Å²) in [6.07, 6.45) is 4.16. The van der Waals surface area contributed by atoms with E-state index in [2.05, 4.69) is 19.9 Å². The maximum absolute atomic E-state index is 12.7. The molecule has 0 aromatic heterocycles. The molecule has 6 heteroatoms. The lowest BCUT2D eigenvalue weighted by atomic mass is 9.90. The number of hydrogen-bond donors (Lipinski definition) is 1. The smallest absolute Gasteiger partial charge is 0.306 e. The van der Waals surface area contributed by atoms with Gasteiger partial charge in [-0.15, -0.1) is 0 Å². The van der Waals surface area contributed by atoms with Crippen molar-refractivity contribution in [2.45, 2.75) is 32.6 Å². The molecule has 0 radical (unpaired) electrons. The fourth-order valence-corrected chi connectivity index (χ4v) is 4.21. The minimum atomic E-state index is -0.795. The quantitative estimate of drug-likeness (QED) is 0.563. The summed E-state index contributed by atoms with van der Waals surface area (Å²) < 4.78 is 0. The second kappa shape index (κ2) is 9.67. The summed E-state index contributed by atoms with van der Waals surface area (Å²) in [5, 5.41) is 9.96. The second-order valence-corrected chi connectivity index (χ2v) is 8.62. The Bertz CT molecular complexity index is 976. The number of carbonyl (C=O) groups excluding carboxylic acids is 1. The Morgan fingerprint density at radius 1 is 1.07 bits per heavy atom. The van der Waals surface area contributed by atoms with Crippen LogP contribution in [-0.4, -0.2) is 35.0 Å². The highest BCUT2D eigenvalue weighted by Crippen LogP contribution is 2.38. The van der Waals surface area contributed by atoms with Crippen LogP contribution in [0.25, 0.3) is 17.2 Å². The van der Waals surface area contributed by atoms with Crippen LogP contribution in [-0.2, 0) is 9.59 Å². The van der Waals surface area contributed by atoms with Gasteiger partial charge in [0.1, 0.15) is 0 Å². The van der Waals surface area contributed by atoms with Crippen LogP contribution in [0.4, 0.5) is 0 Å². The maximum Gasteiger partial charge on any atom is 0.306 e. The molecule has 0 unspecified atom stereocenters. The third-order valence-corrected chi connectivity index (χ3v) is 6.37. The number of likely N-dealkylation sites (tertiary alicyclic amines) is 1. The number of benzene rings is 2. The van der Waals surface area contributed by atoms with Crippen molar-refractivity contribution in [2.75, 3.05) is 13.1 Å². The van der Waals surface area contributed by atoms with E-state index in [9.17, 15) is 9.59 Å². The van der Waals surface area contributed by atoms with Gasteiger partial charge in [0.15, 0.2) is 0 Å². The third-order valence-electron chi connectivity index (χ3n) is 5.55. The molecule has 4 nitrogen and oxygen atoms in total. The SMILES string of the molecule is CC(C)c1ccccc1-c1ccc(Cl)c(Cl)c1/C=C/C(=O)N1CCC(C(=O)O)CC1. The number of carboxylic acids is 1. The number of hydrogen-bond acceptors (Lipinski definition) is 2. The molecule has 0 saturated carbocycles. The summed E-state index contributed by atoms with van der Waals surface area (Å²) in [7, 11) is 0. The van der Waals surface area contributed by atoms with Crippen molar-refractivity contribution in [2.24, 2.45) is 5.92 Å². The van der Waals surface area contributed by atoms with Crippen LogP contribution in [0.15, 0.2) is 42.5 Å². The van der Waals surface area contributed by atoms with E-state index >= 15 is 0 Å². The molecule has 1 aliphatic rings. The van der Waals surface area contributed by atoms with Crippen molar-refractivity contribution in [3.63, 3.8) is 0 Å². The third kappa shape index (κ3) is 4.88. The van der Waals surface area contributed by atoms with E-state index < -0.39 is 5.97 Å². The molecule has 30 heavy (non-hydrogen) atoms. The largest absolute Gasteiger partial charge is 0.481 e. The molecule has 1 aliphatic heterocycles. The molecule has 1 heterocycles. The first-order valence-electron chi connectivity index (χ1n) is 10.1. The van der Waals surface area contributed by atoms with Crippen LogP contribution in [0.5, 0.6) is 0 Å². The van der Waals surface area contributed by atoms with Gasteiger partial charge >= 0.3 is 5.97 Å². The van der Waals surface area contributed by atoms with E-state index in [4.69, 9.17) is 28.3 Å². The molecule has 0 spiro atoms. The molecular formula is C24H25Cl2NO3. The van der Waals surface area contributed by atoms with E-state index in [1.54, 1.807) is 17.0 Å². The second-order valence-electron chi connectivity index (χ2n) is 7.84. The van der Waals surface area contributed by atoms with E-state index in [0.717, 1.165) is 11.1 Å². The number of carbonyl (C=O) groups is 2. The number of halogens is 2. The van der Waals surface area contributed by atoms with E-state index in [0.29, 0.717) is 47.5 Å². The molecule has 1 N–H and O–H groups in total. The van der Waals surface area contributed by atoms with Crippen molar-refractivity contribution in [1.29, 1.82) is 0 Å². The monoisotopic (exact) mass is 445 g/mol. The first kappa shape index (κ1) is 22.4. The average molecular weight is 446 g/mol. The lowest BCUT2D eigenvalue weighted by Gasteiger charge is -2.29. The molecule has 0 bridgehead atoms. The zero-order chi connectivity index (χ0) is 21.8. The van der Waals surface area contributed by atoms with Crippen molar-refractivity contribution in [1.82, 2.24) is 4.90 Å². The fraction of sp³-hybridized carbons (Fsp3) is 0.333. The van der Waals surface area contributed by atoms with Crippen LogP contribution < -0.4 is 0 Å². The van der Waals surface area contributed by atoms with Crippen molar-refractivity contribution >= 4 is 41.2 Å². The fourth-order valence-electron chi connectivity index (χ4n) is 3.82. The predicted molar refractivity (Wildman–Crippen MR) is 122 cm³/mol. The Kier molecular flexibility index (Phi) is 7.22. The van der Waals surface area contributed by atoms with Gasteiger partial charge in [0, 0.05) is 24.7 Å². The van der Waals surface area contributed by atoms with Gasteiger partial charge in [-0.2, -0.15) is 0 Å². The number of piperidine rings is 1. The minimum absolute atomic E-state index is 0.155. The molecule has 1 amide bonds. The highest BCUT2D eigenvalue weighted by Gasteiger charge is 2.26. The van der Waals surface area contributed by atoms with Gasteiger partial charge in [0.25, 0.3) is 0 Å². The van der Waals surface area contributed by atoms with Crippen LogP contribution in [0.2, 0.25) is 10.0 Å². The first-order valence-corrected chi connectivity index (χ1v) is 10.8. The Labute approximate surface area is 187 Å². The number of rotatable bonds is 5. The van der Waals surface area contributed by atoms with E-state index in [-0.39, 0.29) is 11.8 Å². The zero-order valence-corrected chi connectivity index (χ0v) is 18.6. The summed E-state index contributed by atoms with van der Waals surface area (Å²) >= 11 is 12.8. The van der Waals surface area contributed by atoms with Crippen LogP contribution in [0.1, 0.15) is 43.7 Å². The Hall–Kier alpha value is -2.30. The Morgan fingerprint density at radius 3 is 2.37 bits per heavy atom. The van der Waals surface area contributed by atoms with Gasteiger partial charge in [-0.05, 0) is 47.6 Å². The van der Waals surface area contributed by atoms with Gasteiger partial charge in [-0.3, -0.25) is 9.59 Å². The lowest BCUT2D eigenvalue weighted by Crippen LogP contribution is -2.39. The van der Waals surface area contributed by atoms with Crippen molar-refractivity contribution < 1.29 is 14.7 Å². The molecule has 0 aliphatic carbocycles. The minimum Gasteiger partial charge on any atom is -0.481 e. The molecule has 3 rings (SSSR count). The van der Waals surface area contributed by atoms with Crippen LogP contribution in [0.3, 0.4) is 0 Å². The Morgan fingerprint density at radius 2 is 1.73 bits per heavy atom. The summed E-state index contributed by atoms with van der Waals surface area (Å²) in [6.45, 7) is 5.14. The molecular weight excluding hydrogens is 421 g/mol. The number of amides is 1. The summed E-state index contributed by atoms with van der Waals surface area (Å²) in [4.78, 5) is 25.5. The van der Waals surface area contributed by atoms with E-state index in [1.807, 2.05) is 24.3 Å². The molecule has 1 fully saturated rings. The normalized spacial score (nSPS) is 15.2. The number of aliphatic carboxylic acids is 1. The topological polar surface area (TPSA) is 57.6 Å². The molecule has 0 atom stereocenters. The van der Waals surface area contributed by atoms with E-state index in [1.165, 1.54) is 11.6 Å². The van der Waals surface area contributed by atoms with Gasteiger partial charge in [0.05, 0.1) is 16.0 Å². The number of nitrogens with zero attached hydrogens (tertiary/aromatic N) is 1. The highest BCUT2D eigenvalue weighted by atomic mass is 35.5. The lowest BCUT2D eigenvalue weighted by molar-refractivity contribution is -0.144. The predicted octanol–water partition coefficient (Wildman–Crippen LogP) is 6.12. The van der Waals surface area contributed by atoms with Crippen molar-refractivity contribution in [3.8, 4) is 11.1 Å².